The predicted octanol–water partition coefficient (Wildman–Crippen LogP) is 2.67. The van der Waals surface area contributed by atoms with Crippen LogP contribution in [-0.2, 0) is 9.53 Å². The van der Waals surface area contributed by atoms with E-state index in [0.717, 1.165) is 2.88 Å². The van der Waals surface area contributed by atoms with E-state index in [2.05, 4.69) is 27.9 Å². The van der Waals surface area contributed by atoms with E-state index < -0.39 is 12.0 Å². The minimum Gasteiger partial charge on any atom is -0.467 e. The Bertz CT molecular complexity index is 431. The summed E-state index contributed by atoms with van der Waals surface area (Å²) in [6.45, 7) is 3.99. The summed E-state index contributed by atoms with van der Waals surface area (Å²) in [4.78, 5) is 23.5. The van der Waals surface area contributed by atoms with Crippen LogP contribution in [0.1, 0.15) is 30.6 Å². The van der Waals surface area contributed by atoms with E-state index in [9.17, 15) is 9.59 Å². The fourth-order valence-electron chi connectivity index (χ4n) is 1.50. The number of thiophene rings is 1. The average molecular weight is 381 g/mol. The van der Waals surface area contributed by atoms with Crippen molar-refractivity contribution in [1.82, 2.24) is 5.32 Å². The zero-order valence-corrected chi connectivity index (χ0v) is 13.5. The third-order valence-corrected chi connectivity index (χ3v) is 4.12. The zero-order valence-electron chi connectivity index (χ0n) is 10.5. The molecule has 0 aliphatic carbocycles. The first-order valence-electron chi connectivity index (χ1n) is 5.56. The van der Waals surface area contributed by atoms with Gasteiger partial charge in [0.05, 0.1) is 15.6 Å². The maximum atomic E-state index is 12.0. The molecule has 100 valence electrons. The van der Waals surface area contributed by atoms with Crippen molar-refractivity contribution in [3.63, 3.8) is 0 Å². The summed E-state index contributed by atoms with van der Waals surface area (Å²) in [5.41, 5.74) is 0.585. The Balaban J connectivity index is 2.71. The number of esters is 1. The SMILES string of the molecule is COC(=O)C(CC(C)C)NC(=O)c1csc(I)c1. The van der Waals surface area contributed by atoms with Crippen molar-refractivity contribution in [3.05, 3.63) is 19.9 Å². The Hall–Kier alpha value is -0.630. The number of methoxy groups -OCH3 is 1. The molecule has 0 aliphatic rings. The van der Waals surface area contributed by atoms with Crippen molar-refractivity contribution in [3.8, 4) is 0 Å². The normalized spacial score (nSPS) is 12.3. The average Bonchev–Trinajstić information content (AvgIpc) is 2.73. The number of ether oxygens (including phenoxy) is 1. The highest BCUT2D eigenvalue weighted by atomic mass is 127. The van der Waals surface area contributed by atoms with Gasteiger partial charge in [-0.15, -0.1) is 11.3 Å². The molecule has 1 aromatic heterocycles. The molecule has 0 bridgehead atoms. The Kier molecular flexibility index (Phi) is 6.07. The zero-order chi connectivity index (χ0) is 13.7. The van der Waals surface area contributed by atoms with Crippen molar-refractivity contribution >= 4 is 45.8 Å². The highest BCUT2D eigenvalue weighted by molar-refractivity contribution is 14.1. The van der Waals surface area contributed by atoms with Crippen molar-refractivity contribution < 1.29 is 14.3 Å². The van der Waals surface area contributed by atoms with E-state index in [-0.39, 0.29) is 5.91 Å². The lowest BCUT2D eigenvalue weighted by Crippen LogP contribution is -2.42. The number of hydrogen-bond donors (Lipinski definition) is 1. The summed E-state index contributed by atoms with van der Waals surface area (Å²) in [5, 5.41) is 4.50. The molecule has 0 spiro atoms. The molecule has 0 saturated heterocycles. The standard InChI is InChI=1S/C12H16INO3S/c1-7(2)4-9(12(16)17-3)14-11(15)8-5-10(13)18-6-8/h5-7,9H,4H2,1-3H3,(H,14,15). The predicted molar refractivity (Wildman–Crippen MR) is 79.8 cm³/mol. The van der Waals surface area contributed by atoms with Gasteiger partial charge >= 0.3 is 5.97 Å². The molecule has 0 aromatic carbocycles. The third-order valence-electron chi connectivity index (χ3n) is 2.33. The van der Waals surface area contributed by atoms with Crippen molar-refractivity contribution in [1.29, 1.82) is 0 Å². The van der Waals surface area contributed by atoms with E-state index in [4.69, 9.17) is 4.74 Å². The minimum absolute atomic E-state index is 0.231. The lowest BCUT2D eigenvalue weighted by molar-refractivity contribution is -0.143. The van der Waals surface area contributed by atoms with Crippen LogP contribution in [0, 0.1) is 8.80 Å². The van der Waals surface area contributed by atoms with Gasteiger partial charge in [-0.25, -0.2) is 4.79 Å². The number of nitrogens with one attached hydrogen (secondary N) is 1. The molecule has 1 rings (SSSR count). The fraction of sp³-hybridized carbons (Fsp3) is 0.500. The molecule has 1 heterocycles. The molecule has 0 radical (unpaired) electrons. The van der Waals surface area contributed by atoms with E-state index in [1.165, 1.54) is 18.4 Å². The first-order chi connectivity index (χ1) is 8.43. The number of amides is 1. The maximum absolute atomic E-state index is 12.0. The van der Waals surface area contributed by atoms with Gasteiger partial charge in [-0.1, -0.05) is 13.8 Å². The first-order valence-corrected chi connectivity index (χ1v) is 7.52. The minimum atomic E-state index is -0.583. The Labute approximate surface area is 124 Å². The molecule has 4 nitrogen and oxygen atoms in total. The molecule has 6 heteroatoms. The van der Waals surface area contributed by atoms with E-state index in [1.54, 1.807) is 11.4 Å². The highest BCUT2D eigenvalue weighted by Gasteiger charge is 2.23. The van der Waals surface area contributed by atoms with Gasteiger partial charge in [0.25, 0.3) is 5.91 Å². The summed E-state index contributed by atoms with van der Waals surface area (Å²) in [7, 11) is 1.33. The lowest BCUT2D eigenvalue weighted by atomic mass is 10.0. The van der Waals surface area contributed by atoms with E-state index >= 15 is 0 Å². The molecule has 1 unspecified atom stereocenters. The van der Waals surface area contributed by atoms with E-state index in [1.807, 2.05) is 13.8 Å². The quantitative estimate of drug-likeness (QED) is 0.630. The second kappa shape index (κ2) is 7.08. The first kappa shape index (κ1) is 15.4. The van der Waals surface area contributed by atoms with Gasteiger partial charge in [-0.2, -0.15) is 0 Å². The summed E-state index contributed by atoms with van der Waals surface area (Å²) in [6, 6.07) is 1.21. The molecular weight excluding hydrogens is 365 g/mol. The van der Waals surface area contributed by atoms with Gasteiger partial charge in [-0.05, 0) is 41.0 Å². The summed E-state index contributed by atoms with van der Waals surface area (Å²) >= 11 is 3.65. The van der Waals surface area contributed by atoms with Crippen LogP contribution in [0.25, 0.3) is 0 Å². The smallest absolute Gasteiger partial charge is 0.328 e. The van der Waals surface area contributed by atoms with Gasteiger partial charge in [0, 0.05) is 5.38 Å². The Morgan fingerprint density at radius 3 is 2.61 bits per heavy atom. The monoisotopic (exact) mass is 381 g/mol. The van der Waals surface area contributed by atoms with Crippen LogP contribution in [-0.4, -0.2) is 25.0 Å². The second-order valence-electron chi connectivity index (χ2n) is 4.32. The summed E-state index contributed by atoms with van der Waals surface area (Å²) in [5.74, 6) is -0.329. The van der Waals surface area contributed by atoms with Crippen molar-refractivity contribution in [2.45, 2.75) is 26.3 Å². The van der Waals surface area contributed by atoms with Gasteiger partial charge in [-0.3, -0.25) is 4.79 Å². The number of halogens is 1. The number of carbonyl (C=O) groups is 2. The van der Waals surface area contributed by atoms with Crippen LogP contribution in [0.15, 0.2) is 11.4 Å². The van der Waals surface area contributed by atoms with Gasteiger partial charge in [0.15, 0.2) is 0 Å². The van der Waals surface area contributed by atoms with Crippen LogP contribution in [0.2, 0.25) is 0 Å². The van der Waals surface area contributed by atoms with Gasteiger partial charge in [0.2, 0.25) is 0 Å². The Morgan fingerprint density at radius 2 is 2.17 bits per heavy atom. The molecule has 1 aromatic rings. The molecule has 1 atom stereocenters. The van der Waals surface area contributed by atoms with Gasteiger partial charge < -0.3 is 10.1 Å². The number of carbonyl (C=O) groups excluding carboxylic acids is 2. The lowest BCUT2D eigenvalue weighted by Gasteiger charge is -2.17. The van der Waals surface area contributed by atoms with Crippen molar-refractivity contribution in [2.24, 2.45) is 5.92 Å². The number of hydrogen-bond acceptors (Lipinski definition) is 4. The van der Waals surface area contributed by atoms with Crippen LogP contribution < -0.4 is 5.32 Å². The summed E-state index contributed by atoms with van der Waals surface area (Å²) in [6.07, 6.45) is 0.569. The van der Waals surface area contributed by atoms with Crippen molar-refractivity contribution in [2.75, 3.05) is 7.11 Å². The molecule has 0 saturated carbocycles. The Morgan fingerprint density at radius 1 is 1.50 bits per heavy atom. The van der Waals surface area contributed by atoms with Crippen LogP contribution in [0.4, 0.5) is 0 Å². The van der Waals surface area contributed by atoms with Crippen LogP contribution in [0.5, 0.6) is 0 Å². The molecule has 18 heavy (non-hydrogen) atoms. The second-order valence-corrected chi connectivity index (χ2v) is 7.12. The van der Waals surface area contributed by atoms with E-state index in [0.29, 0.717) is 17.9 Å². The topological polar surface area (TPSA) is 55.4 Å². The molecule has 1 amide bonds. The van der Waals surface area contributed by atoms with Crippen LogP contribution >= 0.6 is 33.9 Å². The number of rotatable bonds is 5. The van der Waals surface area contributed by atoms with Gasteiger partial charge in [0.1, 0.15) is 6.04 Å². The fourth-order valence-corrected chi connectivity index (χ4v) is 2.82. The molecule has 0 aliphatic heterocycles. The van der Waals surface area contributed by atoms with Crippen LogP contribution in [0.3, 0.4) is 0 Å². The molecule has 1 N–H and O–H groups in total. The maximum Gasteiger partial charge on any atom is 0.328 e. The molecule has 0 fully saturated rings. The highest BCUT2D eigenvalue weighted by Crippen LogP contribution is 2.17. The third kappa shape index (κ3) is 4.56. The largest absolute Gasteiger partial charge is 0.467 e. The summed E-state index contributed by atoms with van der Waals surface area (Å²) < 4.78 is 5.74. The molecular formula is C12H16INO3S.